The van der Waals surface area contributed by atoms with E-state index in [1.54, 1.807) is 6.20 Å². The maximum absolute atomic E-state index is 4.09. The van der Waals surface area contributed by atoms with E-state index in [2.05, 4.69) is 45.4 Å². The molecule has 1 aromatic rings. The molecule has 1 aromatic heterocycles. The molecular weight excluding hydrogens is 227 g/mol. The summed E-state index contributed by atoms with van der Waals surface area (Å²) in [6.45, 7) is 6.34. The molecule has 0 N–H and O–H groups in total. The predicted molar refractivity (Wildman–Crippen MR) is 57.0 cm³/mol. The molecular formula is C10H14N2Se. The van der Waals surface area contributed by atoms with Crippen LogP contribution >= 0.6 is 0 Å². The van der Waals surface area contributed by atoms with Crippen molar-refractivity contribution in [1.29, 1.82) is 0 Å². The molecule has 0 saturated carbocycles. The Labute approximate surface area is 87.3 Å². The van der Waals surface area contributed by atoms with Crippen LogP contribution in [0, 0.1) is 0 Å². The molecule has 1 heterocycles. The average molecular weight is 241 g/mol. The van der Waals surface area contributed by atoms with E-state index < -0.39 is 0 Å². The first-order valence-corrected chi connectivity index (χ1v) is 5.34. The van der Waals surface area contributed by atoms with Gasteiger partial charge in [-0.05, 0) is 0 Å². The summed E-state index contributed by atoms with van der Waals surface area (Å²) in [5.74, 6) is 0. The molecule has 0 atom stereocenters. The van der Waals surface area contributed by atoms with Crippen molar-refractivity contribution in [1.82, 2.24) is 9.88 Å². The van der Waals surface area contributed by atoms with Gasteiger partial charge in [0, 0.05) is 0 Å². The molecule has 0 unspecified atom stereocenters. The van der Waals surface area contributed by atoms with E-state index in [0.717, 1.165) is 18.7 Å². The maximum atomic E-state index is 4.09. The van der Waals surface area contributed by atoms with Gasteiger partial charge in [0.05, 0.1) is 0 Å². The number of hydrogen-bond acceptors (Lipinski definition) is 2. The minimum atomic E-state index is 1.02. The summed E-state index contributed by atoms with van der Waals surface area (Å²) in [6.07, 6.45) is 3.67. The third kappa shape index (κ3) is 2.64. The number of aromatic nitrogens is 1. The monoisotopic (exact) mass is 242 g/mol. The molecule has 0 radical (unpaired) electrons. The van der Waals surface area contributed by atoms with Crippen LogP contribution in [-0.4, -0.2) is 43.1 Å². The molecule has 0 saturated heterocycles. The second kappa shape index (κ2) is 5.15. The first-order valence-electron chi connectivity index (χ1n) is 4.48. The normalized spacial score (nSPS) is 9.69. The molecule has 13 heavy (non-hydrogen) atoms. The van der Waals surface area contributed by atoms with Crippen LogP contribution in [0.1, 0.15) is 19.4 Å². The number of pyridine rings is 1. The van der Waals surface area contributed by atoms with Gasteiger partial charge in [0.15, 0.2) is 0 Å². The Morgan fingerprint density at radius 2 is 2.15 bits per heavy atom. The Balaban J connectivity index is 2.78. The Kier molecular flexibility index (Phi) is 4.13. The molecule has 0 fully saturated rings. The summed E-state index contributed by atoms with van der Waals surface area (Å²) in [4.78, 5) is 6.36. The molecule has 2 nitrogen and oxygen atoms in total. The molecule has 1 rings (SSSR count). The Morgan fingerprint density at radius 3 is 2.62 bits per heavy atom. The second-order valence-corrected chi connectivity index (χ2v) is 3.53. The fourth-order valence-corrected chi connectivity index (χ4v) is 1.98. The molecule has 3 heteroatoms. The number of hydrogen-bond donors (Lipinski definition) is 0. The fourth-order valence-electron chi connectivity index (χ4n) is 1.18. The molecule has 0 aromatic carbocycles. The Hall–Kier alpha value is -0.661. The third-order valence-corrected chi connectivity index (χ3v) is 3.00. The van der Waals surface area contributed by atoms with Gasteiger partial charge in [-0.3, -0.25) is 0 Å². The van der Waals surface area contributed by atoms with Crippen LogP contribution < -0.4 is 0 Å². The zero-order valence-corrected chi connectivity index (χ0v) is 9.74. The Bertz CT molecular complexity index is 268. The molecule has 0 amide bonds. The van der Waals surface area contributed by atoms with Gasteiger partial charge in [-0.25, -0.2) is 0 Å². The zero-order chi connectivity index (χ0) is 9.68. The quantitative estimate of drug-likeness (QED) is 0.733. The van der Waals surface area contributed by atoms with E-state index in [4.69, 9.17) is 0 Å². The number of rotatable bonds is 4. The van der Waals surface area contributed by atoms with Gasteiger partial charge >= 0.3 is 87.0 Å². The molecule has 0 aliphatic carbocycles. The molecule has 0 bridgehead atoms. The van der Waals surface area contributed by atoms with Gasteiger partial charge in [0.1, 0.15) is 0 Å². The van der Waals surface area contributed by atoms with Crippen molar-refractivity contribution in [3.8, 4) is 0 Å². The molecule has 70 valence electrons. The first kappa shape index (κ1) is 10.4. The van der Waals surface area contributed by atoms with Crippen molar-refractivity contribution in [2.45, 2.75) is 13.8 Å². The van der Waals surface area contributed by atoms with Gasteiger partial charge < -0.3 is 0 Å². The summed E-state index contributed by atoms with van der Waals surface area (Å²) in [6, 6.07) is 4.02. The molecule has 0 spiro atoms. The summed E-state index contributed by atoms with van der Waals surface area (Å²) < 4.78 is 1.18. The summed E-state index contributed by atoms with van der Waals surface area (Å²) in [5, 5.41) is 0. The van der Waals surface area contributed by atoms with Crippen LogP contribution in [0.2, 0.25) is 0 Å². The standard InChI is InChI=1S/C10H14N2Se/c1-3-12(4-2)10(13)9-6-5-7-11-8-9/h5-8H,3-4H2,1-2H3. The predicted octanol–water partition coefficient (Wildman–Crippen LogP) is 1.07. The van der Waals surface area contributed by atoms with Crippen LogP contribution in [0.5, 0.6) is 0 Å². The van der Waals surface area contributed by atoms with Crippen LogP contribution in [0.25, 0.3) is 0 Å². The molecule has 0 aliphatic rings. The van der Waals surface area contributed by atoms with E-state index in [9.17, 15) is 0 Å². The van der Waals surface area contributed by atoms with E-state index in [0.29, 0.717) is 0 Å². The fraction of sp³-hybridized carbons (Fsp3) is 0.400. The summed E-state index contributed by atoms with van der Waals surface area (Å²) >= 11 is 3.10. The van der Waals surface area contributed by atoms with Crippen molar-refractivity contribution >= 4 is 20.1 Å². The van der Waals surface area contributed by atoms with Crippen LogP contribution in [-0.2, 0) is 0 Å². The van der Waals surface area contributed by atoms with Crippen molar-refractivity contribution in [3.63, 3.8) is 0 Å². The van der Waals surface area contributed by atoms with Gasteiger partial charge in [-0.1, -0.05) is 0 Å². The Morgan fingerprint density at radius 1 is 1.46 bits per heavy atom. The van der Waals surface area contributed by atoms with Gasteiger partial charge in [-0.2, -0.15) is 0 Å². The third-order valence-electron chi connectivity index (χ3n) is 1.96. The second-order valence-electron chi connectivity index (χ2n) is 2.72. The van der Waals surface area contributed by atoms with E-state index in [1.807, 2.05) is 12.3 Å². The van der Waals surface area contributed by atoms with E-state index in [1.165, 1.54) is 4.54 Å². The average Bonchev–Trinajstić information content (AvgIpc) is 2.21. The van der Waals surface area contributed by atoms with Crippen LogP contribution in [0.4, 0.5) is 0 Å². The van der Waals surface area contributed by atoms with Crippen molar-refractivity contribution in [3.05, 3.63) is 30.1 Å². The topological polar surface area (TPSA) is 16.1 Å². The van der Waals surface area contributed by atoms with Crippen LogP contribution in [0.3, 0.4) is 0 Å². The zero-order valence-electron chi connectivity index (χ0n) is 8.03. The minimum absolute atomic E-state index is 1.02. The van der Waals surface area contributed by atoms with Gasteiger partial charge in [-0.15, -0.1) is 0 Å². The van der Waals surface area contributed by atoms with Crippen molar-refractivity contribution in [2.75, 3.05) is 13.1 Å². The van der Waals surface area contributed by atoms with Gasteiger partial charge in [0.25, 0.3) is 0 Å². The number of nitrogens with zero attached hydrogens (tertiary/aromatic N) is 2. The van der Waals surface area contributed by atoms with Crippen LogP contribution in [0.15, 0.2) is 24.5 Å². The van der Waals surface area contributed by atoms with E-state index >= 15 is 0 Å². The van der Waals surface area contributed by atoms with Crippen molar-refractivity contribution < 1.29 is 0 Å². The first-order chi connectivity index (χ1) is 6.29. The van der Waals surface area contributed by atoms with Crippen molar-refractivity contribution in [2.24, 2.45) is 0 Å². The van der Waals surface area contributed by atoms with Gasteiger partial charge in [0.2, 0.25) is 0 Å². The van der Waals surface area contributed by atoms with E-state index in [-0.39, 0.29) is 0 Å². The summed E-state index contributed by atoms with van der Waals surface area (Å²) in [7, 11) is 0. The SMILES string of the molecule is CCN(CC)C(=[Se])c1cccnc1. The summed E-state index contributed by atoms with van der Waals surface area (Å²) in [5.41, 5.74) is 1.16. The molecule has 0 aliphatic heterocycles.